The monoisotopic (exact) mass is 359 g/mol. The van der Waals surface area contributed by atoms with Crippen LogP contribution in [-0.2, 0) is 16.1 Å². The van der Waals surface area contributed by atoms with Gasteiger partial charge in [0.1, 0.15) is 23.1 Å². The third kappa shape index (κ3) is 5.70. The first-order valence-corrected chi connectivity index (χ1v) is 8.27. The molecule has 0 spiro atoms. The summed E-state index contributed by atoms with van der Waals surface area (Å²) in [5.41, 5.74) is 0.645. The molecular weight excluding hydrogens is 334 g/mol. The number of rotatable bonds is 7. The molecular formula is C19H25N3O4. The van der Waals surface area contributed by atoms with Crippen LogP contribution in [0.1, 0.15) is 38.2 Å². The Balaban J connectivity index is 2.23. The van der Waals surface area contributed by atoms with Crippen molar-refractivity contribution in [3.63, 3.8) is 0 Å². The smallest absolute Gasteiger partial charge is 0.329 e. The van der Waals surface area contributed by atoms with E-state index >= 15 is 0 Å². The van der Waals surface area contributed by atoms with Crippen molar-refractivity contribution in [1.29, 1.82) is 0 Å². The van der Waals surface area contributed by atoms with Crippen molar-refractivity contribution in [3.8, 4) is 11.5 Å². The number of carbonyl (C=O) groups excluding carboxylic acids is 1. The molecule has 2 heterocycles. The summed E-state index contributed by atoms with van der Waals surface area (Å²) in [5, 5.41) is 3.17. The van der Waals surface area contributed by atoms with Gasteiger partial charge in [0.05, 0.1) is 25.6 Å². The summed E-state index contributed by atoms with van der Waals surface area (Å²) in [4.78, 5) is 21.3. The van der Waals surface area contributed by atoms with Crippen LogP contribution in [0, 0.1) is 0 Å². The van der Waals surface area contributed by atoms with Crippen molar-refractivity contribution in [2.75, 3.05) is 14.2 Å². The lowest BCUT2D eigenvalue weighted by Crippen LogP contribution is -2.35. The quantitative estimate of drug-likeness (QED) is 0.761. The molecule has 1 unspecified atom stereocenters. The molecule has 0 aliphatic heterocycles. The number of ether oxygens (including phenoxy) is 3. The maximum absolute atomic E-state index is 12.7. The van der Waals surface area contributed by atoms with Crippen molar-refractivity contribution in [2.45, 2.75) is 39.0 Å². The van der Waals surface area contributed by atoms with E-state index in [1.807, 2.05) is 20.8 Å². The first kappa shape index (κ1) is 19.7. The van der Waals surface area contributed by atoms with Crippen LogP contribution < -0.4 is 14.8 Å². The summed E-state index contributed by atoms with van der Waals surface area (Å²) in [7, 11) is 3.16. The number of esters is 1. The predicted molar refractivity (Wildman–Crippen MR) is 97.0 cm³/mol. The Hall–Kier alpha value is -2.67. The number of nitrogens with zero attached hydrogens (tertiary/aromatic N) is 2. The highest BCUT2D eigenvalue weighted by molar-refractivity contribution is 5.77. The Morgan fingerprint density at radius 3 is 2.31 bits per heavy atom. The van der Waals surface area contributed by atoms with Gasteiger partial charge in [0.15, 0.2) is 0 Å². The van der Waals surface area contributed by atoms with Crippen LogP contribution in [0.25, 0.3) is 0 Å². The topological polar surface area (TPSA) is 82.6 Å². The van der Waals surface area contributed by atoms with E-state index in [4.69, 9.17) is 14.2 Å². The summed E-state index contributed by atoms with van der Waals surface area (Å²) in [5.74, 6) is 0.899. The van der Waals surface area contributed by atoms with Gasteiger partial charge in [0.25, 0.3) is 0 Å². The number of aromatic nitrogens is 2. The lowest BCUT2D eigenvalue weighted by molar-refractivity contribution is -0.157. The lowest BCUT2D eigenvalue weighted by Gasteiger charge is -2.24. The van der Waals surface area contributed by atoms with Gasteiger partial charge < -0.3 is 14.2 Å². The van der Waals surface area contributed by atoms with E-state index in [0.29, 0.717) is 23.7 Å². The van der Waals surface area contributed by atoms with E-state index < -0.39 is 17.6 Å². The highest BCUT2D eigenvalue weighted by atomic mass is 16.6. The number of nitrogens with one attached hydrogen (secondary N) is 1. The largest absolute Gasteiger partial charge is 0.497 e. The molecule has 7 nitrogen and oxygen atoms in total. The summed E-state index contributed by atoms with van der Waals surface area (Å²) < 4.78 is 16.0. The van der Waals surface area contributed by atoms with E-state index in [0.717, 1.165) is 5.69 Å². The van der Waals surface area contributed by atoms with Crippen molar-refractivity contribution in [3.05, 3.63) is 48.0 Å². The van der Waals surface area contributed by atoms with Crippen molar-refractivity contribution in [1.82, 2.24) is 15.3 Å². The molecule has 140 valence electrons. The minimum Gasteiger partial charge on any atom is -0.497 e. The number of hydrogen-bond acceptors (Lipinski definition) is 7. The third-order valence-corrected chi connectivity index (χ3v) is 3.44. The summed E-state index contributed by atoms with van der Waals surface area (Å²) in [6, 6.07) is 6.24. The number of methoxy groups -OCH3 is 2. The van der Waals surface area contributed by atoms with Gasteiger partial charge in [0, 0.05) is 31.1 Å². The normalized spacial score (nSPS) is 12.3. The van der Waals surface area contributed by atoms with Crippen LogP contribution in [0.2, 0.25) is 0 Å². The van der Waals surface area contributed by atoms with Gasteiger partial charge in [-0.2, -0.15) is 0 Å². The van der Waals surface area contributed by atoms with Crippen molar-refractivity contribution in [2.24, 2.45) is 0 Å². The van der Waals surface area contributed by atoms with Gasteiger partial charge >= 0.3 is 5.97 Å². The fourth-order valence-electron chi connectivity index (χ4n) is 2.27. The van der Waals surface area contributed by atoms with E-state index in [2.05, 4.69) is 15.3 Å². The Kier molecular flexibility index (Phi) is 6.52. The zero-order valence-corrected chi connectivity index (χ0v) is 15.8. The van der Waals surface area contributed by atoms with Crippen molar-refractivity contribution < 1.29 is 19.0 Å². The molecule has 1 atom stereocenters. The highest BCUT2D eigenvalue weighted by Crippen LogP contribution is 2.21. The Morgan fingerprint density at radius 1 is 1.08 bits per heavy atom. The highest BCUT2D eigenvalue weighted by Gasteiger charge is 2.28. The molecule has 2 rings (SSSR count). The second kappa shape index (κ2) is 8.62. The van der Waals surface area contributed by atoms with Crippen LogP contribution in [0.3, 0.4) is 0 Å². The Labute approximate surface area is 153 Å². The van der Waals surface area contributed by atoms with E-state index in [9.17, 15) is 4.79 Å². The van der Waals surface area contributed by atoms with Crippen LogP contribution in [0.4, 0.5) is 0 Å². The summed E-state index contributed by atoms with van der Waals surface area (Å²) in [6.07, 6.45) is 3.25. The molecule has 26 heavy (non-hydrogen) atoms. The number of pyridine rings is 2. The molecule has 0 aromatic carbocycles. The third-order valence-electron chi connectivity index (χ3n) is 3.44. The maximum atomic E-state index is 12.7. The summed E-state index contributed by atoms with van der Waals surface area (Å²) in [6.45, 7) is 5.82. The minimum absolute atomic E-state index is 0.347. The fourth-order valence-corrected chi connectivity index (χ4v) is 2.27. The Bertz CT molecular complexity index is 744. The van der Waals surface area contributed by atoms with Crippen LogP contribution >= 0.6 is 0 Å². The SMILES string of the molecule is COc1ccnc(CNC(C(=O)OC(C)(C)C)c2cc(OC)ccn2)c1. The van der Waals surface area contributed by atoms with Gasteiger partial charge in [-0.3, -0.25) is 15.3 Å². The molecule has 0 bridgehead atoms. The summed E-state index contributed by atoms with van der Waals surface area (Å²) >= 11 is 0. The zero-order chi connectivity index (χ0) is 19.2. The molecule has 2 aromatic heterocycles. The minimum atomic E-state index is -0.752. The molecule has 0 radical (unpaired) electrons. The molecule has 0 aliphatic rings. The molecule has 0 saturated carbocycles. The molecule has 0 saturated heterocycles. The second-order valence-corrected chi connectivity index (χ2v) is 6.65. The predicted octanol–water partition coefficient (Wildman–Crippen LogP) is 2.67. The molecule has 0 aliphatic carbocycles. The molecule has 0 fully saturated rings. The van der Waals surface area contributed by atoms with E-state index in [1.165, 1.54) is 0 Å². The van der Waals surface area contributed by atoms with E-state index in [-0.39, 0.29) is 0 Å². The average Bonchev–Trinajstić information content (AvgIpc) is 2.60. The standard InChI is InChI=1S/C19H25N3O4/c1-19(2,3)26-18(23)17(16-11-15(25-5)7-9-21-16)22-12-13-10-14(24-4)6-8-20-13/h6-11,17,22H,12H2,1-5H3. The van der Waals surface area contributed by atoms with Gasteiger partial charge in [-0.25, -0.2) is 4.79 Å². The maximum Gasteiger partial charge on any atom is 0.329 e. The number of carbonyl (C=O) groups is 1. The molecule has 2 aromatic rings. The average molecular weight is 359 g/mol. The van der Waals surface area contributed by atoms with Gasteiger partial charge in [-0.05, 0) is 32.9 Å². The van der Waals surface area contributed by atoms with Crippen LogP contribution in [0.5, 0.6) is 11.5 Å². The number of hydrogen-bond donors (Lipinski definition) is 1. The fraction of sp³-hybridized carbons (Fsp3) is 0.421. The molecule has 1 N–H and O–H groups in total. The van der Waals surface area contributed by atoms with Gasteiger partial charge in [0.2, 0.25) is 0 Å². The first-order chi connectivity index (χ1) is 12.3. The van der Waals surface area contributed by atoms with Crippen molar-refractivity contribution >= 4 is 5.97 Å². The second-order valence-electron chi connectivity index (χ2n) is 6.65. The lowest BCUT2D eigenvalue weighted by atomic mass is 10.1. The zero-order valence-electron chi connectivity index (χ0n) is 15.8. The first-order valence-electron chi connectivity index (χ1n) is 8.27. The van der Waals surface area contributed by atoms with Gasteiger partial charge in [-0.1, -0.05) is 0 Å². The van der Waals surface area contributed by atoms with E-state index in [1.54, 1.807) is 50.9 Å². The molecule has 0 amide bonds. The molecule has 7 heteroatoms. The van der Waals surface area contributed by atoms with Crippen LogP contribution in [-0.4, -0.2) is 35.8 Å². The Morgan fingerprint density at radius 2 is 1.69 bits per heavy atom. The van der Waals surface area contributed by atoms with Crippen LogP contribution in [0.15, 0.2) is 36.7 Å². The van der Waals surface area contributed by atoms with Gasteiger partial charge in [-0.15, -0.1) is 0 Å².